The average molecular weight is 413 g/mol. The molecule has 0 heterocycles. The van der Waals surface area contributed by atoms with E-state index in [1.807, 2.05) is 63.2 Å². The van der Waals surface area contributed by atoms with Crippen molar-refractivity contribution < 1.29 is 19.1 Å². The summed E-state index contributed by atoms with van der Waals surface area (Å²) in [6, 6.07) is 16.1. The van der Waals surface area contributed by atoms with Crippen molar-refractivity contribution >= 4 is 11.8 Å². The van der Waals surface area contributed by atoms with Crippen molar-refractivity contribution in [2.24, 2.45) is 0 Å². The van der Waals surface area contributed by atoms with Gasteiger partial charge in [-0.3, -0.25) is 9.59 Å². The van der Waals surface area contributed by atoms with Gasteiger partial charge in [0.25, 0.3) is 5.91 Å². The van der Waals surface area contributed by atoms with Crippen LogP contribution in [0.5, 0.6) is 11.5 Å². The van der Waals surface area contributed by atoms with Gasteiger partial charge in [-0.15, -0.1) is 0 Å². The monoisotopic (exact) mass is 412 g/mol. The number of hydrogen-bond acceptors (Lipinski definition) is 4. The van der Waals surface area contributed by atoms with Crippen LogP contribution >= 0.6 is 0 Å². The third-order valence-corrected chi connectivity index (χ3v) is 5.00. The fraction of sp³-hybridized carbons (Fsp3) is 0.417. The number of carbonyl (C=O) groups is 2. The number of hydrogen-bond donors (Lipinski definition) is 1. The quantitative estimate of drug-likeness (QED) is 0.610. The van der Waals surface area contributed by atoms with Crippen molar-refractivity contribution in [1.82, 2.24) is 10.2 Å². The largest absolute Gasteiger partial charge is 0.497 e. The second-order valence-electron chi connectivity index (χ2n) is 7.21. The van der Waals surface area contributed by atoms with Crippen LogP contribution in [0.15, 0.2) is 54.6 Å². The molecule has 1 N–H and O–H groups in total. The van der Waals surface area contributed by atoms with E-state index < -0.39 is 6.04 Å². The highest BCUT2D eigenvalue weighted by Gasteiger charge is 2.29. The van der Waals surface area contributed by atoms with Crippen molar-refractivity contribution in [2.45, 2.75) is 52.2 Å². The van der Waals surface area contributed by atoms with Gasteiger partial charge in [-0.25, -0.2) is 0 Å². The first-order chi connectivity index (χ1) is 14.5. The molecule has 0 aliphatic heterocycles. The molecule has 0 aliphatic rings. The molecule has 0 unspecified atom stereocenters. The Morgan fingerprint density at radius 2 is 1.63 bits per heavy atom. The summed E-state index contributed by atoms with van der Waals surface area (Å²) in [4.78, 5) is 27.6. The first-order valence-corrected chi connectivity index (χ1v) is 10.4. The van der Waals surface area contributed by atoms with Crippen molar-refractivity contribution in [3.63, 3.8) is 0 Å². The first-order valence-electron chi connectivity index (χ1n) is 10.4. The number of benzene rings is 2. The molecule has 0 saturated heterocycles. The van der Waals surface area contributed by atoms with Gasteiger partial charge in [0, 0.05) is 12.6 Å². The third kappa shape index (κ3) is 6.79. The number of carbonyl (C=O) groups excluding carboxylic acids is 2. The summed E-state index contributed by atoms with van der Waals surface area (Å²) in [7, 11) is 1.61. The lowest BCUT2D eigenvalue weighted by molar-refractivity contribution is -0.143. The van der Waals surface area contributed by atoms with E-state index in [0.717, 1.165) is 17.7 Å². The van der Waals surface area contributed by atoms with Gasteiger partial charge in [-0.1, -0.05) is 44.2 Å². The number of ether oxygens (including phenoxy) is 2. The van der Waals surface area contributed by atoms with Crippen LogP contribution in [0.1, 0.15) is 39.2 Å². The Morgan fingerprint density at radius 3 is 2.20 bits per heavy atom. The molecule has 30 heavy (non-hydrogen) atoms. The summed E-state index contributed by atoms with van der Waals surface area (Å²) >= 11 is 0. The van der Waals surface area contributed by atoms with Gasteiger partial charge in [0.1, 0.15) is 17.5 Å². The molecule has 2 aromatic rings. The minimum atomic E-state index is -0.576. The zero-order valence-electron chi connectivity index (χ0n) is 18.3. The molecule has 0 radical (unpaired) electrons. The molecule has 2 atom stereocenters. The molecule has 6 heteroatoms. The summed E-state index contributed by atoms with van der Waals surface area (Å²) in [6.45, 7) is 6.06. The second kappa shape index (κ2) is 11.9. The Bertz CT molecular complexity index is 793. The zero-order chi connectivity index (χ0) is 21.9. The number of rotatable bonds is 11. The molecule has 0 bridgehead atoms. The smallest absolute Gasteiger partial charge is 0.261 e. The van der Waals surface area contributed by atoms with E-state index in [1.165, 1.54) is 0 Å². The van der Waals surface area contributed by atoms with Crippen LogP contribution in [0.4, 0.5) is 0 Å². The summed E-state index contributed by atoms with van der Waals surface area (Å²) in [5.74, 6) is 0.979. The van der Waals surface area contributed by atoms with Gasteiger partial charge in [-0.05, 0) is 49.6 Å². The predicted octanol–water partition coefficient (Wildman–Crippen LogP) is 3.80. The summed E-state index contributed by atoms with van der Waals surface area (Å²) < 4.78 is 10.9. The molecular weight excluding hydrogens is 380 g/mol. The average Bonchev–Trinajstić information content (AvgIpc) is 2.78. The summed E-state index contributed by atoms with van der Waals surface area (Å²) in [5.41, 5.74) is 0.915. The number of nitrogens with zero attached hydrogens (tertiary/aromatic N) is 1. The Kier molecular flexibility index (Phi) is 9.19. The van der Waals surface area contributed by atoms with Gasteiger partial charge in [0.15, 0.2) is 6.61 Å². The Labute approximate surface area is 179 Å². The van der Waals surface area contributed by atoms with Crippen LogP contribution in [-0.4, -0.2) is 42.5 Å². The number of nitrogens with one attached hydrogen (secondary N) is 1. The van der Waals surface area contributed by atoms with Gasteiger partial charge in [0.2, 0.25) is 5.91 Å². The highest BCUT2D eigenvalue weighted by Crippen LogP contribution is 2.17. The van der Waals surface area contributed by atoms with Gasteiger partial charge >= 0.3 is 0 Å². The van der Waals surface area contributed by atoms with Crippen LogP contribution in [0.25, 0.3) is 0 Å². The Morgan fingerprint density at radius 1 is 0.967 bits per heavy atom. The van der Waals surface area contributed by atoms with Crippen molar-refractivity contribution in [3.05, 3.63) is 60.2 Å². The van der Waals surface area contributed by atoms with E-state index in [9.17, 15) is 9.59 Å². The van der Waals surface area contributed by atoms with Crippen LogP contribution in [0, 0.1) is 0 Å². The standard InChI is InChI=1S/C24H32N2O4/c1-5-18(3)25-24(28)22(6-2)26(16-19-12-14-20(29-4)15-13-19)23(27)17-30-21-10-8-7-9-11-21/h7-15,18,22H,5-6,16-17H2,1-4H3,(H,25,28)/t18-,22+/m0/s1. The van der Waals surface area contributed by atoms with Crippen LogP contribution in [0.3, 0.4) is 0 Å². The molecule has 0 spiro atoms. The fourth-order valence-corrected chi connectivity index (χ4v) is 3.03. The minimum Gasteiger partial charge on any atom is -0.497 e. The Balaban J connectivity index is 2.19. The van der Waals surface area contributed by atoms with Crippen molar-refractivity contribution in [1.29, 1.82) is 0 Å². The molecule has 0 saturated carbocycles. The third-order valence-electron chi connectivity index (χ3n) is 5.00. The molecule has 2 rings (SSSR count). The van der Waals surface area contributed by atoms with E-state index in [0.29, 0.717) is 18.7 Å². The van der Waals surface area contributed by atoms with Crippen molar-refractivity contribution in [3.8, 4) is 11.5 Å². The van der Waals surface area contributed by atoms with E-state index in [1.54, 1.807) is 24.1 Å². The normalized spacial score (nSPS) is 12.5. The second-order valence-corrected chi connectivity index (χ2v) is 7.21. The fourth-order valence-electron chi connectivity index (χ4n) is 3.03. The number of para-hydroxylation sites is 1. The summed E-state index contributed by atoms with van der Waals surface area (Å²) in [5, 5.41) is 3.00. The van der Waals surface area contributed by atoms with E-state index in [-0.39, 0.29) is 24.5 Å². The SMILES string of the molecule is CC[C@H](C(=O)N[C@@H](C)CC)N(Cc1ccc(OC)cc1)C(=O)COc1ccccc1. The maximum atomic E-state index is 13.1. The maximum absolute atomic E-state index is 13.1. The highest BCUT2D eigenvalue weighted by atomic mass is 16.5. The molecule has 6 nitrogen and oxygen atoms in total. The van der Waals surface area contributed by atoms with E-state index >= 15 is 0 Å². The van der Waals surface area contributed by atoms with Crippen molar-refractivity contribution in [2.75, 3.05) is 13.7 Å². The van der Waals surface area contributed by atoms with E-state index in [4.69, 9.17) is 9.47 Å². The summed E-state index contributed by atoms with van der Waals surface area (Å²) in [6.07, 6.45) is 1.33. The molecule has 2 aromatic carbocycles. The van der Waals surface area contributed by atoms with Crippen LogP contribution < -0.4 is 14.8 Å². The molecule has 0 fully saturated rings. The zero-order valence-corrected chi connectivity index (χ0v) is 18.3. The molecular formula is C24H32N2O4. The lowest BCUT2D eigenvalue weighted by Crippen LogP contribution is -2.51. The molecule has 0 aromatic heterocycles. The first kappa shape index (κ1) is 23.3. The van der Waals surface area contributed by atoms with Crippen LogP contribution in [0.2, 0.25) is 0 Å². The molecule has 0 aliphatic carbocycles. The number of amides is 2. The highest BCUT2D eigenvalue weighted by molar-refractivity contribution is 5.88. The van der Waals surface area contributed by atoms with Gasteiger partial charge in [0.05, 0.1) is 7.11 Å². The Hall–Kier alpha value is -3.02. The topological polar surface area (TPSA) is 67.9 Å². The molecule has 162 valence electrons. The number of methoxy groups -OCH3 is 1. The maximum Gasteiger partial charge on any atom is 0.261 e. The van der Waals surface area contributed by atoms with Crippen LogP contribution in [-0.2, 0) is 16.1 Å². The van der Waals surface area contributed by atoms with E-state index in [2.05, 4.69) is 5.32 Å². The van der Waals surface area contributed by atoms with Gasteiger partial charge in [-0.2, -0.15) is 0 Å². The molecule has 2 amide bonds. The van der Waals surface area contributed by atoms with Gasteiger partial charge < -0.3 is 19.7 Å². The lowest BCUT2D eigenvalue weighted by atomic mass is 10.1. The minimum absolute atomic E-state index is 0.0463. The lowest BCUT2D eigenvalue weighted by Gasteiger charge is -2.31. The predicted molar refractivity (Wildman–Crippen MR) is 117 cm³/mol.